The van der Waals surface area contributed by atoms with Crippen molar-refractivity contribution in [2.24, 2.45) is 0 Å². The molecule has 5 nitrogen and oxygen atoms in total. The van der Waals surface area contributed by atoms with E-state index in [1.54, 1.807) is 4.90 Å². The Kier molecular flexibility index (Phi) is 4.74. The zero-order valence-electron chi connectivity index (χ0n) is 14.8. The van der Waals surface area contributed by atoms with E-state index in [-0.39, 0.29) is 12.0 Å². The molecule has 1 aliphatic rings. The second kappa shape index (κ2) is 6.97. The quantitative estimate of drug-likeness (QED) is 0.909. The normalized spacial score (nSPS) is 13.2. The van der Waals surface area contributed by atoms with Crippen LogP contribution in [0.4, 0.5) is 10.5 Å². The summed E-state index contributed by atoms with van der Waals surface area (Å²) >= 11 is 0. The number of hydrogen-bond donors (Lipinski definition) is 1. The number of aryl methyl sites for hydroxylation is 2. The molecule has 1 heterocycles. The molecule has 0 saturated heterocycles. The van der Waals surface area contributed by atoms with Gasteiger partial charge in [-0.1, -0.05) is 12.1 Å². The number of fused-ring (bicyclic) bond motifs is 1. The van der Waals surface area contributed by atoms with Gasteiger partial charge in [0.15, 0.2) is 0 Å². The van der Waals surface area contributed by atoms with E-state index in [0.29, 0.717) is 18.7 Å². The van der Waals surface area contributed by atoms with Gasteiger partial charge in [-0.15, -0.1) is 0 Å². The molecule has 3 rings (SSSR count). The maximum absolute atomic E-state index is 12.5. The van der Waals surface area contributed by atoms with Crippen LogP contribution in [0.2, 0.25) is 0 Å². The molecule has 1 aliphatic heterocycles. The van der Waals surface area contributed by atoms with Crippen LogP contribution in [0.5, 0.6) is 0 Å². The smallest absolute Gasteiger partial charge is 0.409 e. The number of anilines is 1. The summed E-state index contributed by atoms with van der Waals surface area (Å²) < 4.78 is 4.80. The summed E-state index contributed by atoms with van der Waals surface area (Å²) in [6.07, 6.45) is 0.464. The first-order valence-corrected chi connectivity index (χ1v) is 8.31. The molecule has 0 fully saturated rings. The number of carbonyl (C=O) groups is 2. The van der Waals surface area contributed by atoms with Crippen molar-refractivity contribution in [3.63, 3.8) is 0 Å². The van der Waals surface area contributed by atoms with Gasteiger partial charge in [0.2, 0.25) is 0 Å². The lowest BCUT2D eigenvalue weighted by atomic mass is 9.99. The molecule has 0 spiro atoms. The Balaban J connectivity index is 1.77. The Labute approximate surface area is 147 Å². The van der Waals surface area contributed by atoms with Crippen molar-refractivity contribution in [2.45, 2.75) is 26.8 Å². The first-order chi connectivity index (χ1) is 12.0. The van der Waals surface area contributed by atoms with Gasteiger partial charge in [0.05, 0.1) is 7.11 Å². The van der Waals surface area contributed by atoms with Gasteiger partial charge in [-0.05, 0) is 66.8 Å². The van der Waals surface area contributed by atoms with Crippen molar-refractivity contribution in [3.8, 4) is 0 Å². The van der Waals surface area contributed by atoms with E-state index in [0.717, 1.165) is 28.8 Å². The van der Waals surface area contributed by atoms with E-state index in [1.807, 2.05) is 50.2 Å². The van der Waals surface area contributed by atoms with Gasteiger partial charge >= 0.3 is 6.09 Å². The number of carbonyl (C=O) groups excluding carboxylic acids is 2. The van der Waals surface area contributed by atoms with Gasteiger partial charge in [-0.2, -0.15) is 0 Å². The second-order valence-electron chi connectivity index (χ2n) is 6.38. The third kappa shape index (κ3) is 3.65. The Morgan fingerprint density at radius 1 is 1.04 bits per heavy atom. The summed E-state index contributed by atoms with van der Waals surface area (Å²) in [5.41, 5.74) is 5.85. The minimum Gasteiger partial charge on any atom is -0.453 e. The fourth-order valence-corrected chi connectivity index (χ4v) is 3.01. The first kappa shape index (κ1) is 17.0. The molecule has 0 bridgehead atoms. The predicted octanol–water partition coefficient (Wildman–Crippen LogP) is 3.68. The minimum absolute atomic E-state index is 0.135. The van der Waals surface area contributed by atoms with Crippen molar-refractivity contribution in [1.82, 2.24) is 4.90 Å². The number of benzene rings is 2. The average molecular weight is 338 g/mol. The zero-order valence-corrected chi connectivity index (χ0v) is 14.8. The third-order valence-electron chi connectivity index (χ3n) is 4.68. The van der Waals surface area contributed by atoms with E-state index in [1.165, 1.54) is 12.7 Å². The number of methoxy groups -OCH3 is 1. The topological polar surface area (TPSA) is 58.6 Å². The lowest BCUT2D eigenvalue weighted by molar-refractivity contribution is 0.102. The Bertz CT molecular complexity index is 830. The maximum Gasteiger partial charge on any atom is 0.409 e. The number of nitrogens with zero attached hydrogens (tertiary/aromatic N) is 1. The number of amides is 2. The van der Waals surface area contributed by atoms with Crippen LogP contribution in [0.15, 0.2) is 36.4 Å². The van der Waals surface area contributed by atoms with Gasteiger partial charge in [0.25, 0.3) is 5.91 Å². The average Bonchev–Trinajstić information content (AvgIpc) is 2.62. The fourth-order valence-electron chi connectivity index (χ4n) is 3.01. The predicted molar refractivity (Wildman–Crippen MR) is 96.8 cm³/mol. The monoisotopic (exact) mass is 338 g/mol. The molecule has 0 saturated carbocycles. The van der Waals surface area contributed by atoms with E-state index in [9.17, 15) is 9.59 Å². The Morgan fingerprint density at radius 2 is 1.84 bits per heavy atom. The molecule has 2 amide bonds. The third-order valence-corrected chi connectivity index (χ3v) is 4.68. The summed E-state index contributed by atoms with van der Waals surface area (Å²) in [5, 5.41) is 2.94. The molecule has 0 unspecified atom stereocenters. The molecule has 0 radical (unpaired) electrons. The summed E-state index contributed by atoms with van der Waals surface area (Å²) in [6, 6.07) is 11.5. The Hall–Kier alpha value is -2.82. The van der Waals surface area contributed by atoms with E-state index in [2.05, 4.69) is 5.32 Å². The highest BCUT2D eigenvalue weighted by Gasteiger charge is 2.21. The molecule has 0 aliphatic carbocycles. The summed E-state index contributed by atoms with van der Waals surface area (Å²) in [7, 11) is 1.39. The number of ether oxygens (including phenoxy) is 1. The highest BCUT2D eigenvalue weighted by molar-refractivity contribution is 6.04. The van der Waals surface area contributed by atoms with Crippen molar-refractivity contribution in [2.75, 3.05) is 19.0 Å². The van der Waals surface area contributed by atoms with E-state index in [4.69, 9.17) is 4.74 Å². The molecule has 2 aromatic rings. The summed E-state index contributed by atoms with van der Waals surface area (Å²) in [4.78, 5) is 25.9. The van der Waals surface area contributed by atoms with E-state index < -0.39 is 0 Å². The van der Waals surface area contributed by atoms with Crippen molar-refractivity contribution in [1.29, 1.82) is 0 Å². The van der Waals surface area contributed by atoms with Crippen LogP contribution >= 0.6 is 0 Å². The van der Waals surface area contributed by atoms with Crippen LogP contribution < -0.4 is 5.32 Å². The molecule has 0 atom stereocenters. The highest BCUT2D eigenvalue weighted by atomic mass is 16.5. The van der Waals surface area contributed by atoms with Crippen LogP contribution in [0.1, 0.15) is 32.6 Å². The number of hydrogen-bond acceptors (Lipinski definition) is 3. The SMILES string of the molecule is COC(=O)N1CCc2ccc(NC(=O)c3ccc(C)c(C)c3)cc2C1. The van der Waals surface area contributed by atoms with Gasteiger partial charge in [0.1, 0.15) is 0 Å². The van der Waals surface area contributed by atoms with Crippen molar-refractivity contribution in [3.05, 3.63) is 64.2 Å². The van der Waals surface area contributed by atoms with Gasteiger partial charge in [0, 0.05) is 24.3 Å². The summed E-state index contributed by atoms with van der Waals surface area (Å²) in [6.45, 7) is 5.16. The van der Waals surface area contributed by atoms with Crippen LogP contribution in [-0.2, 0) is 17.7 Å². The Morgan fingerprint density at radius 3 is 2.56 bits per heavy atom. The molecular formula is C20H22N2O3. The molecule has 0 aromatic heterocycles. The molecule has 1 N–H and O–H groups in total. The molecule has 5 heteroatoms. The highest BCUT2D eigenvalue weighted by Crippen LogP contribution is 2.23. The van der Waals surface area contributed by atoms with Gasteiger partial charge in [-0.25, -0.2) is 4.79 Å². The molecule has 25 heavy (non-hydrogen) atoms. The summed E-state index contributed by atoms with van der Waals surface area (Å²) in [5.74, 6) is -0.135. The fraction of sp³-hybridized carbons (Fsp3) is 0.300. The second-order valence-corrected chi connectivity index (χ2v) is 6.38. The molecular weight excluding hydrogens is 316 g/mol. The van der Waals surface area contributed by atoms with E-state index >= 15 is 0 Å². The lowest BCUT2D eigenvalue weighted by Crippen LogP contribution is -2.35. The zero-order chi connectivity index (χ0) is 18.0. The molecule has 130 valence electrons. The van der Waals surface area contributed by atoms with Crippen LogP contribution in [0.3, 0.4) is 0 Å². The standard InChI is InChI=1S/C20H22N2O3/c1-13-4-5-16(10-14(13)2)19(23)21-18-7-6-15-8-9-22(20(24)25-3)12-17(15)11-18/h4-7,10-11H,8-9,12H2,1-3H3,(H,21,23). The van der Waals surface area contributed by atoms with Crippen LogP contribution in [-0.4, -0.2) is 30.6 Å². The van der Waals surface area contributed by atoms with Crippen LogP contribution in [0.25, 0.3) is 0 Å². The maximum atomic E-state index is 12.5. The van der Waals surface area contributed by atoms with Crippen LogP contribution in [0, 0.1) is 13.8 Å². The van der Waals surface area contributed by atoms with Gasteiger partial charge in [-0.3, -0.25) is 4.79 Å². The largest absolute Gasteiger partial charge is 0.453 e. The minimum atomic E-state index is -0.324. The molecule has 2 aromatic carbocycles. The van der Waals surface area contributed by atoms with Gasteiger partial charge < -0.3 is 15.0 Å². The first-order valence-electron chi connectivity index (χ1n) is 8.31. The lowest BCUT2D eigenvalue weighted by Gasteiger charge is -2.28. The van der Waals surface area contributed by atoms with Crippen molar-refractivity contribution < 1.29 is 14.3 Å². The van der Waals surface area contributed by atoms with Crippen molar-refractivity contribution >= 4 is 17.7 Å². The number of nitrogens with one attached hydrogen (secondary N) is 1. The number of rotatable bonds is 2.